The molecule has 1 aromatic carbocycles. The number of aliphatic hydroxyl groups is 1. The molecule has 0 unspecified atom stereocenters. The monoisotopic (exact) mass is 305 g/mol. The van der Waals surface area contributed by atoms with Crippen molar-refractivity contribution in [3.8, 4) is 11.3 Å². The van der Waals surface area contributed by atoms with E-state index in [1.165, 1.54) is 18.0 Å². The van der Waals surface area contributed by atoms with Crippen LogP contribution in [-0.2, 0) is 0 Å². The molecule has 0 bridgehead atoms. The predicted molar refractivity (Wildman–Crippen MR) is 85.4 cm³/mol. The fourth-order valence-corrected chi connectivity index (χ4v) is 2.74. The summed E-state index contributed by atoms with van der Waals surface area (Å²) < 4.78 is 0. The Morgan fingerprint density at radius 3 is 2.81 bits per heavy atom. The normalized spacial score (nSPS) is 13.7. The van der Waals surface area contributed by atoms with Crippen molar-refractivity contribution in [3.63, 3.8) is 0 Å². The van der Waals surface area contributed by atoms with Crippen LogP contribution < -0.4 is 5.32 Å². The molecule has 0 spiro atoms. The fraction of sp³-hybridized carbons (Fsp3) is 0.333. The Labute approximate surface area is 128 Å². The first-order valence-electron chi connectivity index (χ1n) is 6.62. The van der Waals surface area contributed by atoms with Crippen LogP contribution >= 0.6 is 11.8 Å². The summed E-state index contributed by atoms with van der Waals surface area (Å²) in [5.74, 6) is 0.313. The molecule has 0 aliphatic carbocycles. The maximum absolute atomic E-state index is 12.3. The third-order valence-corrected chi connectivity index (χ3v) is 3.94. The van der Waals surface area contributed by atoms with E-state index in [0.29, 0.717) is 17.0 Å². The van der Waals surface area contributed by atoms with E-state index < -0.39 is 5.60 Å². The highest BCUT2D eigenvalue weighted by molar-refractivity contribution is 7.98. The summed E-state index contributed by atoms with van der Waals surface area (Å²) in [4.78, 5) is 12.3. The van der Waals surface area contributed by atoms with Crippen molar-refractivity contribution >= 4 is 17.7 Å². The Kier molecular flexibility index (Phi) is 5.03. The molecule has 0 aliphatic rings. The molecule has 2 rings (SSSR count). The summed E-state index contributed by atoms with van der Waals surface area (Å²) in [6.45, 7) is 1.91. The van der Waals surface area contributed by atoms with Gasteiger partial charge in [0.25, 0.3) is 5.91 Å². The lowest BCUT2D eigenvalue weighted by atomic mass is 10.1. The van der Waals surface area contributed by atoms with Crippen molar-refractivity contribution in [2.45, 2.75) is 12.5 Å². The molecule has 1 aromatic heterocycles. The van der Waals surface area contributed by atoms with E-state index in [2.05, 4.69) is 15.5 Å². The minimum Gasteiger partial charge on any atom is -0.387 e. The van der Waals surface area contributed by atoms with Crippen molar-refractivity contribution in [3.05, 3.63) is 42.1 Å². The van der Waals surface area contributed by atoms with Crippen molar-refractivity contribution < 1.29 is 9.90 Å². The number of H-pyrrole nitrogens is 1. The predicted octanol–water partition coefficient (Wildman–Crippen LogP) is 1.92. The molecule has 2 aromatic rings. The number of nitrogens with one attached hydrogen (secondary N) is 2. The lowest BCUT2D eigenvalue weighted by molar-refractivity contribution is 0.0725. The van der Waals surface area contributed by atoms with E-state index in [4.69, 9.17) is 0 Å². The van der Waals surface area contributed by atoms with E-state index in [1.807, 2.05) is 36.6 Å². The Morgan fingerprint density at radius 2 is 2.14 bits per heavy atom. The number of aromatic nitrogens is 2. The minimum atomic E-state index is -0.925. The van der Waals surface area contributed by atoms with Crippen LogP contribution in [0.3, 0.4) is 0 Å². The van der Waals surface area contributed by atoms with Gasteiger partial charge in [-0.3, -0.25) is 9.89 Å². The van der Waals surface area contributed by atoms with Gasteiger partial charge in [0.1, 0.15) is 0 Å². The van der Waals surface area contributed by atoms with Gasteiger partial charge in [-0.25, -0.2) is 0 Å². The molecule has 0 fully saturated rings. The first kappa shape index (κ1) is 15.6. The molecule has 1 heterocycles. The van der Waals surface area contributed by atoms with Gasteiger partial charge in [0.15, 0.2) is 0 Å². The van der Waals surface area contributed by atoms with E-state index in [1.54, 1.807) is 6.92 Å². The average molecular weight is 305 g/mol. The van der Waals surface area contributed by atoms with Gasteiger partial charge in [-0.05, 0) is 13.2 Å². The van der Waals surface area contributed by atoms with E-state index in [0.717, 1.165) is 5.56 Å². The summed E-state index contributed by atoms with van der Waals surface area (Å²) in [7, 11) is 0. The molecule has 5 nitrogen and oxygen atoms in total. The number of carbonyl (C=O) groups is 1. The zero-order chi connectivity index (χ0) is 15.3. The van der Waals surface area contributed by atoms with Crippen molar-refractivity contribution in [1.29, 1.82) is 0 Å². The summed E-state index contributed by atoms with van der Waals surface area (Å²) in [6, 6.07) is 9.55. The van der Waals surface area contributed by atoms with Crippen LogP contribution in [0.15, 0.2) is 36.5 Å². The molecule has 0 saturated carbocycles. The number of hydrogen-bond donors (Lipinski definition) is 3. The minimum absolute atomic E-state index is 0.200. The van der Waals surface area contributed by atoms with Crippen LogP contribution in [0.2, 0.25) is 0 Å². The lowest BCUT2D eigenvalue weighted by Gasteiger charge is -2.22. The van der Waals surface area contributed by atoms with E-state index in [-0.39, 0.29) is 12.5 Å². The number of carbonyl (C=O) groups excluding carboxylic acids is 1. The number of rotatable bonds is 6. The van der Waals surface area contributed by atoms with Gasteiger partial charge >= 0.3 is 0 Å². The van der Waals surface area contributed by atoms with Crippen LogP contribution in [-0.4, -0.2) is 45.4 Å². The molecule has 0 aliphatic heterocycles. The number of aromatic amines is 1. The van der Waals surface area contributed by atoms with Crippen molar-refractivity contribution in [2.24, 2.45) is 0 Å². The maximum atomic E-state index is 12.3. The molecule has 0 saturated heterocycles. The standard InChI is InChI=1S/C15H19N3O2S/c1-15(20,10-21-2)9-16-14(19)12-8-17-18-13(12)11-6-4-3-5-7-11/h3-8,20H,9-10H2,1-2H3,(H,16,19)(H,17,18)/t15-/m0/s1. The fourth-order valence-electron chi connectivity index (χ4n) is 2.01. The zero-order valence-electron chi connectivity index (χ0n) is 12.1. The molecule has 0 radical (unpaired) electrons. The van der Waals surface area contributed by atoms with E-state index >= 15 is 0 Å². The second kappa shape index (κ2) is 6.78. The molecule has 21 heavy (non-hydrogen) atoms. The molecule has 6 heteroatoms. The maximum Gasteiger partial charge on any atom is 0.255 e. The molecule has 1 amide bonds. The van der Waals surface area contributed by atoms with Gasteiger partial charge in [0.2, 0.25) is 0 Å². The quantitative estimate of drug-likeness (QED) is 0.762. The molecular formula is C15H19N3O2S. The van der Waals surface area contributed by atoms with Gasteiger partial charge < -0.3 is 10.4 Å². The third kappa shape index (κ3) is 4.09. The Hall–Kier alpha value is -1.79. The second-order valence-corrected chi connectivity index (χ2v) is 6.00. The topological polar surface area (TPSA) is 78.0 Å². The smallest absolute Gasteiger partial charge is 0.255 e. The number of amides is 1. The summed E-state index contributed by atoms with van der Waals surface area (Å²) >= 11 is 1.54. The highest BCUT2D eigenvalue weighted by atomic mass is 32.2. The van der Waals surface area contributed by atoms with E-state index in [9.17, 15) is 9.90 Å². The Balaban J connectivity index is 2.10. The molecule has 3 N–H and O–H groups in total. The van der Waals surface area contributed by atoms with Gasteiger partial charge in [-0.15, -0.1) is 0 Å². The van der Waals surface area contributed by atoms with Crippen LogP contribution in [0.25, 0.3) is 11.3 Å². The van der Waals surface area contributed by atoms with Crippen LogP contribution in [0.5, 0.6) is 0 Å². The van der Waals surface area contributed by atoms with Gasteiger partial charge in [0, 0.05) is 17.9 Å². The summed E-state index contributed by atoms with van der Waals surface area (Å²) in [5, 5.41) is 19.6. The first-order chi connectivity index (χ1) is 10.0. The third-order valence-electron chi connectivity index (χ3n) is 3.03. The zero-order valence-corrected chi connectivity index (χ0v) is 12.9. The summed E-state index contributed by atoms with van der Waals surface area (Å²) in [6.07, 6.45) is 3.42. The average Bonchev–Trinajstić information content (AvgIpc) is 2.95. The lowest BCUT2D eigenvalue weighted by Crippen LogP contribution is -2.42. The number of thioether (sulfide) groups is 1. The van der Waals surface area contributed by atoms with Crippen LogP contribution in [0, 0.1) is 0 Å². The van der Waals surface area contributed by atoms with Gasteiger partial charge in [-0.1, -0.05) is 30.3 Å². The number of nitrogens with zero attached hydrogens (tertiary/aromatic N) is 1. The largest absolute Gasteiger partial charge is 0.387 e. The Morgan fingerprint density at radius 1 is 1.43 bits per heavy atom. The highest BCUT2D eigenvalue weighted by Crippen LogP contribution is 2.20. The molecule has 112 valence electrons. The van der Waals surface area contributed by atoms with Crippen LogP contribution in [0.4, 0.5) is 0 Å². The number of benzene rings is 1. The van der Waals surface area contributed by atoms with Gasteiger partial charge in [-0.2, -0.15) is 16.9 Å². The molecule has 1 atom stereocenters. The SMILES string of the molecule is CSC[C@@](C)(O)CNC(=O)c1cn[nH]c1-c1ccccc1. The van der Waals surface area contributed by atoms with Crippen LogP contribution in [0.1, 0.15) is 17.3 Å². The second-order valence-electron chi connectivity index (χ2n) is 5.14. The van der Waals surface area contributed by atoms with Crippen molar-refractivity contribution in [1.82, 2.24) is 15.5 Å². The van der Waals surface area contributed by atoms with Crippen molar-refractivity contribution in [2.75, 3.05) is 18.6 Å². The summed E-state index contributed by atoms with van der Waals surface area (Å²) in [5.41, 5.74) is 1.13. The van der Waals surface area contributed by atoms with Gasteiger partial charge in [0.05, 0.1) is 23.1 Å². The Bertz CT molecular complexity index is 596. The highest BCUT2D eigenvalue weighted by Gasteiger charge is 2.22. The first-order valence-corrected chi connectivity index (χ1v) is 8.01. The molecular weight excluding hydrogens is 286 g/mol. The number of hydrogen-bond acceptors (Lipinski definition) is 4.